The first-order valence-corrected chi connectivity index (χ1v) is 4.38. The third-order valence-electron chi connectivity index (χ3n) is 1.45. The zero-order valence-corrected chi connectivity index (χ0v) is 8.05. The van der Waals surface area contributed by atoms with Crippen molar-refractivity contribution in [2.45, 2.75) is 17.9 Å². The first-order chi connectivity index (χ1) is 5.61. The van der Waals surface area contributed by atoms with Gasteiger partial charge in [0.1, 0.15) is 10.9 Å². The van der Waals surface area contributed by atoms with Crippen molar-refractivity contribution in [2.75, 3.05) is 0 Å². The molecular formula is C8H9Cl2NO. The Morgan fingerprint density at radius 3 is 2.58 bits per heavy atom. The van der Waals surface area contributed by atoms with Crippen molar-refractivity contribution >= 4 is 23.2 Å². The number of pyridine rings is 1. The lowest BCUT2D eigenvalue weighted by molar-refractivity contribution is 0.187. The summed E-state index contributed by atoms with van der Waals surface area (Å²) in [6.45, 7) is 1.84. The minimum absolute atomic E-state index is 0.505. The Bertz CT molecular complexity index is 265. The molecule has 0 aliphatic rings. The van der Waals surface area contributed by atoms with E-state index in [1.54, 1.807) is 12.1 Å². The Morgan fingerprint density at radius 1 is 1.42 bits per heavy atom. The van der Waals surface area contributed by atoms with Crippen LogP contribution < -0.4 is 0 Å². The Labute approximate surface area is 81.1 Å². The number of rotatable bonds is 2. The molecule has 0 radical (unpaired) electrons. The van der Waals surface area contributed by atoms with Gasteiger partial charge in [0.2, 0.25) is 0 Å². The number of aromatic nitrogens is 1. The summed E-state index contributed by atoms with van der Waals surface area (Å²) >= 11 is 11.0. The zero-order chi connectivity index (χ0) is 9.14. The van der Waals surface area contributed by atoms with Gasteiger partial charge in [0.15, 0.2) is 0 Å². The zero-order valence-electron chi connectivity index (χ0n) is 6.54. The van der Waals surface area contributed by atoms with Gasteiger partial charge < -0.3 is 5.11 Å². The Kier molecular flexibility index (Phi) is 3.32. The molecule has 0 amide bonds. The van der Waals surface area contributed by atoms with Gasteiger partial charge in [0, 0.05) is 5.69 Å². The highest BCUT2D eigenvalue weighted by Gasteiger charge is 2.16. The second kappa shape index (κ2) is 4.08. The lowest BCUT2D eigenvalue weighted by atomic mass is 10.2. The molecule has 0 fully saturated rings. The van der Waals surface area contributed by atoms with Crippen LogP contribution in [0.1, 0.15) is 17.5 Å². The van der Waals surface area contributed by atoms with Crippen LogP contribution in [0.15, 0.2) is 18.2 Å². The molecule has 4 heteroatoms. The molecule has 12 heavy (non-hydrogen) atoms. The molecule has 0 bridgehead atoms. The molecule has 0 spiro atoms. The average molecular weight is 206 g/mol. The van der Waals surface area contributed by atoms with Crippen LogP contribution in [-0.2, 0) is 0 Å². The number of hydrogen-bond acceptors (Lipinski definition) is 2. The average Bonchev–Trinajstić information content (AvgIpc) is 2.03. The maximum absolute atomic E-state index is 9.40. The van der Waals surface area contributed by atoms with E-state index >= 15 is 0 Å². The van der Waals surface area contributed by atoms with Gasteiger partial charge in [-0.3, -0.25) is 4.98 Å². The topological polar surface area (TPSA) is 33.1 Å². The molecule has 1 unspecified atom stereocenters. The molecule has 66 valence electrons. The van der Waals surface area contributed by atoms with E-state index in [2.05, 4.69) is 4.98 Å². The van der Waals surface area contributed by atoms with Gasteiger partial charge in [-0.1, -0.05) is 6.07 Å². The maximum Gasteiger partial charge on any atom is 0.139 e. The highest BCUT2D eigenvalue weighted by molar-refractivity contribution is 6.44. The van der Waals surface area contributed by atoms with Gasteiger partial charge in [-0.2, -0.15) is 0 Å². The molecule has 1 atom stereocenters. The molecule has 0 aromatic carbocycles. The summed E-state index contributed by atoms with van der Waals surface area (Å²) in [5.41, 5.74) is 1.34. The highest BCUT2D eigenvalue weighted by atomic mass is 35.5. The van der Waals surface area contributed by atoms with Crippen LogP contribution in [0, 0.1) is 6.92 Å². The van der Waals surface area contributed by atoms with E-state index in [1.807, 2.05) is 13.0 Å². The smallest absolute Gasteiger partial charge is 0.139 e. The van der Waals surface area contributed by atoms with Gasteiger partial charge in [-0.15, -0.1) is 23.2 Å². The Hall–Kier alpha value is -0.310. The number of hydrogen-bond donors (Lipinski definition) is 1. The summed E-state index contributed by atoms with van der Waals surface area (Å²) in [4.78, 5) is 3.24. The van der Waals surface area contributed by atoms with Gasteiger partial charge >= 0.3 is 0 Å². The van der Waals surface area contributed by atoms with Crippen LogP contribution in [-0.4, -0.2) is 14.9 Å². The fourth-order valence-electron chi connectivity index (χ4n) is 0.858. The molecule has 1 rings (SSSR count). The van der Waals surface area contributed by atoms with Crippen molar-refractivity contribution in [3.05, 3.63) is 29.6 Å². The predicted molar refractivity (Wildman–Crippen MR) is 49.4 cm³/mol. The van der Waals surface area contributed by atoms with Gasteiger partial charge in [0.25, 0.3) is 0 Å². The van der Waals surface area contributed by atoms with Crippen LogP contribution in [0.5, 0.6) is 0 Å². The van der Waals surface area contributed by atoms with E-state index in [-0.39, 0.29) is 0 Å². The first-order valence-electron chi connectivity index (χ1n) is 3.51. The molecule has 0 aliphatic heterocycles. The number of nitrogens with zero attached hydrogens (tertiary/aromatic N) is 1. The van der Waals surface area contributed by atoms with Crippen LogP contribution in [0.4, 0.5) is 0 Å². The third kappa shape index (κ3) is 2.34. The first kappa shape index (κ1) is 9.78. The molecule has 0 saturated carbocycles. The van der Waals surface area contributed by atoms with Gasteiger partial charge in [0.05, 0.1) is 5.69 Å². The molecular weight excluding hydrogens is 197 g/mol. The number of alkyl halides is 2. The quantitative estimate of drug-likeness (QED) is 0.752. The van der Waals surface area contributed by atoms with Crippen molar-refractivity contribution in [3.8, 4) is 0 Å². The minimum atomic E-state index is -0.909. The van der Waals surface area contributed by atoms with Crippen molar-refractivity contribution in [1.29, 1.82) is 0 Å². The normalized spacial score (nSPS) is 13.4. The van der Waals surface area contributed by atoms with E-state index in [4.69, 9.17) is 23.2 Å². The van der Waals surface area contributed by atoms with E-state index in [0.717, 1.165) is 5.69 Å². The molecule has 0 saturated heterocycles. The van der Waals surface area contributed by atoms with Crippen molar-refractivity contribution < 1.29 is 5.11 Å². The van der Waals surface area contributed by atoms with Gasteiger partial charge in [-0.05, 0) is 19.1 Å². The monoisotopic (exact) mass is 205 g/mol. The Morgan fingerprint density at radius 2 is 2.08 bits per heavy atom. The summed E-state index contributed by atoms with van der Waals surface area (Å²) in [5, 5.41) is 9.40. The van der Waals surface area contributed by atoms with E-state index in [1.165, 1.54) is 0 Å². The van der Waals surface area contributed by atoms with Crippen molar-refractivity contribution in [2.24, 2.45) is 0 Å². The summed E-state index contributed by atoms with van der Waals surface area (Å²) < 4.78 is 0. The highest BCUT2D eigenvalue weighted by Crippen LogP contribution is 2.21. The lowest BCUT2D eigenvalue weighted by Gasteiger charge is -2.10. The van der Waals surface area contributed by atoms with Crippen molar-refractivity contribution in [1.82, 2.24) is 4.98 Å². The van der Waals surface area contributed by atoms with Crippen LogP contribution in [0.3, 0.4) is 0 Å². The van der Waals surface area contributed by atoms with Crippen LogP contribution in [0.2, 0.25) is 0 Å². The second-order valence-electron chi connectivity index (χ2n) is 2.48. The SMILES string of the molecule is Cc1cccc(C(O)C(Cl)Cl)n1. The predicted octanol–water partition coefficient (Wildman–Crippen LogP) is 2.23. The van der Waals surface area contributed by atoms with Crippen LogP contribution in [0.25, 0.3) is 0 Å². The number of halogens is 2. The van der Waals surface area contributed by atoms with Crippen LogP contribution >= 0.6 is 23.2 Å². The summed E-state index contributed by atoms with van der Waals surface area (Å²) in [6, 6.07) is 5.33. The van der Waals surface area contributed by atoms with Gasteiger partial charge in [-0.25, -0.2) is 0 Å². The van der Waals surface area contributed by atoms with E-state index < -0.39 is 10.9 Å². The van der Waals surface area contributed by atoms with Crippen molar-refractivity contribution in [3.63, 3.8) is 0 Å². The summed E-state index contributed by atoms with van der Waals surface area (Å²) in [7, 11) is 0. The molecule has 2 nitrogen and oxygen atoms in total. The minimum Gasteiger partial charge on any atom is -0.384 e. The van der Waals surface area contributed by atoms with E-state index in [9.17, 15) is 5.11 Å². The number of aliphatic hydroxyl groups is 1. The lowest BCUT2D eigenvalue weighted by Crippen LogP contribution is -2.08. The summed E-state index contributed by atoms with van der Waals surface area (Å²) in [5.74, 6) is 0. The van der Waals surface area contributed by atoms with E-state index in [0.29, 0.717) is 5.69 Å². The third-order valence-corrected chi connectivity index (χ3v) is 1.93. The largest absolute Gasteiger partial charge is 0.384 e. The number of aliphatic hydroxyl groups excluding tert-OH is 1. The Balaban J connectivity index is 2.88. The standard InChI is InChI=1S/C8H9Cl2NO/c1-5-3-2-4-6(11-5)7(12)8(9)10/h2-4,7-8,12H,1H3. The molecule has 1 heterocycles. The fraction of sp³-hybridized carbons (Fsp3) is 0.375. The molecule has 0 aliphatic carbocycles. The fourth-order valence-corrected chi connectivity index (χ4v) is 1.12. The second-order valence-corrected chi connectivity index (χ2v) is 3.65. The molecule has 1 aromatic rings. The summed E-state index contributed by atoms with van der Waals surface area (Å²) in [6.07, 6.45) is -0.909. The maximum atomic E-state index is 9.40. The number of aryl methyl sites for hydroxylation is 1. The molecule has 1 aromatic heterocycles. The molecule has 1 N–H and O–H groups in total.